The molecule has 1 aromatic heterocycles. The monoisotopic (exact) mass is 509 g/mol. The molecule has 36 heavy (non-hydrogen) atoms. The van der Waals surface area contributed by atoms with Crippen LogP contribution in [0.3, 0.4) is 0 Å². The van der Waals surface area contributed by atoms with Crippen LogP contribution in [0.2, 0.25) is 0 Å². The zero-order valence-electron chi connectivity index (χ0n) is 19.8. The second-order valence-corrected chi connectivity index (χ2v) is 11.4. The maximum atomic E-state index is 15.2. The Kier molecular flexibility index (Phi) is 5.69. The van der Waals surface area contributed by atoms with E-state index in [-0.39, 0.29) is 34.8 Å². The number of nitrogens with two attached hydrogens (primary N) is 1. The van der Waals surface area contributed by atoms with Crippen molar-refractivity contribution >= 4 is 40.4 Å². The Balaban J connectivity index is 1.47. The lowest BCUT2D eigenvalue weighted by atomic mass is 9.84. The number of carbonyl (C=O) groups is 1. The number of benzene rings is 1. The Morgan fingerprint density at radius 1 is 1.36 bits per heavy atom. The van der Waals surface area contributed by atoms with Gasteiger partial charge in [-0.15, -0.1) is 0 Å². The third kappa shape index (κ3) is 4.06. The van der Waals surface area contributed by atoms with E-state index < -0.39 is 27.5 Å². The molecule has 1 saturated carbocycles. The topological polar surface area (TPSA) is 96.2 Å². The van der Waals surface area contributed by atoms with Gasteiger partial charge in [-0.2, -0.15) is 0 Å². The molecule has 1 aliphatic carbocycles. The summed E-state index contributed by atoms with van der Waals surface area (Å²) in [7, 11) is 0. The number of aliphatic imine (C=N–C) groups is 1. The van der Waals surface area contributed by atoms with Gasteiger partial charge >= 0.3 is 0 Å². The first kappa shape index (κ1) is 24.4. The molecule has 0 bridgehead atoms. The normalized spacial score (nSPS) is 31.4. The van der Waals surface area contributed by atoms with Crippen LogP contribution < -0.4 is 5.73 Å². The molecule has 2 aromatic rings. The van der Waals surface area contributed by atoms with Crippen molar-refractivity contribution in [3.05, 3.63) is 70.6 Å². The Bertz CT molecular complexity index is 1350. The Labute approximate surface area is 211 Å². The van der Waals surface area contributed by atoms with E-state index in [0.29, 0.717) is 30.6 Å². The zero-order valence-corrected chi connectivity index (χ0v) is 20.6. The molecule has 5 rings (SSSR count). The first-order chi connectivity index (χ1) is 17.0. The predicted octanol–water partition coefficient (Wildman–Crippen LogP) is 4.26. The summed E-state index contributed by atoms with van der Waals surface area (Å²) in [6.45, 7) is 11.1. The quantitative estimate of drug-likeness (QED) is 0.601. The minimum atomic E-state index is -1.12. The maximum Gasteiger partial charge on any atom is 0.239 e. The van der Waals surface area contributed by atoms with Gasteiger partial charge in [-0.05, 0) is 56.5 Å². The van der Waals surface area contributed by atoms with Crippen molar-refractivity contribution in [2.45, 2.75) is 42.6 Å². The van der Waals surface area contributed by atoms with E-state index in [9.17, 15) is 14.3 Å². The molecule has 2 aliphatic heterocycles. The van der Waals surface area contributed by atoms with E-state index >= 15 is 4.39 Å². The number of nitrogens with zero attached hydrogens (tertiary/aromatic N) is 4. The molecule has 0 radical (unpaired) electrons. The summed E-state index contributed by atoms with van der Waals surface area (Å²) in [6, 6.07) is 7.13. The van der Waals surface area contributed by atoms with Crippen LogP contribution in [0.25, 0.3) is 16.7 Å². The minimum absolute atomic E-state index is 0.0594. The number of rotatable bonds is 4. The highest BCUT2D eigenvalue weighted by atomic mass is 32.2. The number of pyridine rings is 1. The SMILES string of the molecule is [C-]#[N+]c1ccc(/C(F)=C/c2ccc(F)c([C@@]3(C)N=C(N)S[C@@]4(C(=O)N5CCC(C)(O)C5)C[C@H]43)c2)nc1. The van der Waals surface area contributed by atoms with Crippen LogP contribution >= 0.6 is 11.8 Å². The zero-order chi connectivity index (χ0) is 25.9. The molecule has 1 saturated heterocycles. The molecular formula is C26H25F2N5O2S. The average molecular weight is 510 g/mol. The van der Waals surface area contributed by atoms with Crippen molar-refractivity contribution < 1.29 is 18.7 Å². The lowest BCUT2D eigenvalue weighted by Crippen LogP contribution is -2.46. The molecule has 2 fully saturated rings. The summed E-state index contributed by atoms with van der Waals surface area (Å²) in [5, 5.41) is 10.5. The molecule has 0 spiro atoms. The Hall–Kier alpha value is -3.29. The van der Waals surface area contributed by atoms with Gasteiger partial charge in [-0.1, -0.05) is 23.9 Å². The molecule has 4 atom stereocenters. The fraction of sp³-hybridized carbons (Fsp3) is 0.385. The van der Waals surface area contributed by atoms with Gasteiger partial charge in [0, 0.05) is 30.8 Å². The summed E-state index contributed by atoms with van der Waals surface area (Å²) in [4.78, 5) is 27.0. The Morgan fingerprint density at radius 3 is 2.78 bits per heavy atom. The lowest BCUT2D eigenvalue weighted by Gasteiger charge is -2.35. The van der Waals surface area contributed by atoms with Gasteiger partial charge in [0.05, 0.1) is 23.4 Å². The number of aliphatic hydroxyl groups is 1. The van der Waals surface area contributed by atoms with Gasteiger partial charge in [0.2, 0.25) is 11.6 Å². The number of carbonyl (C=O) groups excluding carboxylic acids is 1. The van der Waals surface area contributed by atoms with Crippen LogP contribution in [0.4, 0.5) is 14.5 Å². The number of hydrogen-bond acceptors (Lipinski definition) is 6. The van der Waals surface area contributed by atoms with Crippen molar-refractivity contribution in [1.82, 2.24) is 9.88 Å². The van der Waals surface area contributed by atoms with Crippen LogP contribution in [-0.4, -0.2) is 49.5 Å². The highest BCUT2D eigenvalue weighted by Gasteiger charge is 2.71. The van der Waals surface area contributed by atoms with Crippen LogP contribution in [0.5, 0.6) is 0 Å². The van der Waals surface area contributed by atoms with Gasteiger partial charge in [0.15, 0.2) is 5.17 Å². The standard InChI is InChI=1S/C26H25F2N5O2S/c1-24(35)8-9-33(14-24)22(34)26-12-21(26)25(2,32-23(29)36-26)17-10-15(4-6-18(17)27)11-19(28)20-7-5-16(30-3)13-31-20/h4-7,10-11,13,21,35H,8-9,12,14H2,1-2H3,(H2,29,32)/b19-11-/t21-,24?,25+,26-/m0/s1. The fourth-order valence-electron chi connectivity index (χ4n) is 5.27. The smallest absolute Gasteiger partial charge is 0.239 e. The number of halogens is 2. The van der Waals surface area contributed by atoms with Gasteiger partial charge < -0.3 is 15.7 Å². The molecule has 3 aliphatic rings. The summed E-state index contributed by atoms with van der Waals surface area (Å²) in [5.41, 5.74) is 5.13. The molecule has 3 heterocycles. The summed E-state index contributed by atoms with van der Waals surface area (Å²) < 4.78 is 29.2. The fourth-order valence-corrected chi connectivity index (χ4v) is 6.72. The van der Waals surface area contributed by atoms with E-state index in [2.05, 4.69) is 14.8 Å². The second-order valence-electron chi connectivity index (χ2n) is 10.1. The summed E-state index contributed by atoms with van der Waals surface area (Å²) in [5.74, 6) is -1.57. The van der Waals surface area contributed by atoms with Crippen LogP contribution in [0.15, 0.2) is 41.5 Å². The second kappa shape index (κ2) is 8.39. The third-order valence-corrected chi connectivity index (χ3v) is 8.56. The van der Waals surface area contributed by atoms with Crippen molar-refractivity contribution in [2.75, 3.05) is 13.1 Å². The molecule has 1 aromatic carbocycles. The van der Waals surface area contributed by atoms with Crippen molar-refractivity contribution in [1.29, 1.82) is 0 Å². The number of amides is 1. The van der Waals surface area contributed by atoms with Crippen LogP contribution in [-0.2, 0) is 10.3 Å². The van der Waals surface area contributed by atoms with E-state index in [1.807, 2.05) is 0 Å². The van der Waals surface area contributed by atoms with Crippen LogP contribution in [0.1, 0.15) is 43.5 Å². The molecule has 7 nitrogen and oxygen atoms in total. The van der Waals surface area contributed by atoms with Gasteiger partial charge in [-0.25, -0.2) is 13.6 Å². The molecule has 1 unspecified atom stereocenters. The highest BCUT2D eigenvalue weighted by Crippen LogP contribution is 2.66. The molecule has 186 valence electrons. The van der Waals surface area contributed by atoms with E-state index in [0.717, 1.165) is 0 Å². The first-order valence-electron chi connectivity index (χ1n) is 11.5. The van der Waals surface area contributed by atoms with Gasteiger partial charge in [-0.3, -0.25) is 14.8 Å². The third-order valence-electron chi connectivity index (χ3n) is 7.27. The average Bonchev–Trinajstić information content (AvgIpc) is 3.48. The van der Waals surface area contributed by atoms with Crippen LogP contribution in [0, 0.1) is 18.3 Å². The van der Waals surface area contributed by atoms with Gasteiger partial charge in [0.25, 0.3) is 0 Å². The number of fused-ring (bicyclic) bond motifs is 1. The summed E-state index contributed by atoms with van der Waals surface area (Å²) >= 11 is 1.21. The van der Waals surface area contributed by atoms with E-state index in [1.54, 1.807) is 18.7 Å². The first-order valence-corrected chi connectivity index (χ1v) is 12.4. The molecular weight excluding hydrogens is 484 g/mol. The van der Waals surface area contributed by atoms with Crippen molar-refractivity contribution in [2.24, 2.45) is 16.6 Å². The molecule has 1 amide bonds. The lowest BCUT2D eigenvalue weighted by molar-refractivity contribution is -0.131. The van der Waals surface area contributed by atoms with E-state index in [4.69, 9.17) is 12.3 Å². The molecule has 10 heteroatoms. The van der Waals surface area contributed by atoms with E-state index in [1.165, 1.54) is 54.4 Å². The number of β-amino-alcohol motifs (C(OH)–C–C–N with tert-alkyl or cyclic N) is 1. The molecule has 3 N–H and O–H groups in total. The largest absolute Gasteiger partial charge is 0.388 e. The van der Waals surface area contributed by atoms with Gasteiger partial charge in [0.1, 0.15) is 16.4 Å². The number of hydrogen-bond donors (Lipinski definition) is 2. The van der Waals surface area contributed by atoms with Crippen molar-refractivity contribution in [3.63, 3.8) is 0 Å². The maximum absolute atomic E-state index is 15.2. The highest BCUT2D eigenvalue weighted by molar-refractivity contribution is 8.15. The number of aromatic nitrogens is 1. The Morgan fingerprint density at radius 2 is 2.14 bits per heavy atom. The van der Waals surface area contributed by atoms with Crippen molar-refractivity contribution in [3.8, 4) is 0 Å². The number of likely N-dealkylation sites (tertiary alicyclic amines) is 1. The minimum Gasteiger partial charge on any atom is -0.388 e. The predicted molar refractivity (Wildman–Crippen MR) is 135 cm³/mol. The number of amidine groups is 1. The summed E-state index contributed by atoms with van der Waals surface area (Å²) in [6.07, 6.45) is 3.50. The number of thioether (sulfide) groups is 1.